The van der Waals surface area contributed by atoms with Gasteiger partial charge in [-0.15, -0.1) is 0 Å². The van der Waals surface area contributed by atoms with Gasteiger partial charge in [-0.3, -0.25) is 0 Å². The number of hydrogen-bond donors (Lipinski definition) is 0. The van der Waals surface area contributed by atoms with Crippen molar-refractivity contribution in [3.8, 4) is 0 Å². The van der Waals surface area contributed by atoms with Gasteiger partial charge in [-0.25, -0.2) is 0 Å². The van der Waals surface area contributed by atoms with Gasteiger partial charge in [-0.05, 0) is 47.8 Å². The highest BCUT2D eigenvalue weighted by Gasteiger charge is 2.29. The molecule has 2 atom stereocenters. The van der Waals surface area contributed by atoms with E-state index in [-0.39, 0.29) is 0 Å². The second kappa shape index (κ2) is 3.23. The van der Waals surface area contributed by atoms with Crippen molar-refractivity contribution in [2.75, 3.05) is 0 Å². The largest absolute Gasteiger partial charge is 0.0619 e. The molecule has 0 heterocycles. The molecule has 0 saturated heterocycles. The molecular formula is C15H18. The molecule has 0 unspecified atom stereocenters. The molecule has 0 N–H and O–H groups in total. The van der Waals surface area contributed by atoms with Gasteiger partial charge in [0.15, 0.2) is 0 Å². The second-order valence-corrected chi connectivity index (χ2v) is 5.28. The highest BCUT2D eigenvalue weighted by atomic mass is 14.3. The summed E-state index contributed by atoms with van der Waals surface area (Å²) in [6.07, 6.45) is 3.85. The van der Waals surface area contributed by atoms with Crippen molar-refractivity contribution < 1.29 is 0 Å². The maximum Gasteiger partial charge on any atom is -0.00549 e. The molecule has 0 heteroatoms. The molecule has 0 nitrogen and oxygen atoms in total. The molecule has 0 radical (unpaired) electrons. The normalized spacial score (nSPS) is 28.9. The average molecular weight is 198 g/mol. The minimum atomic E-state index is 0.856. The molecule has 1 aromatic carbocycles. The molecular weight excluding hydrogens is 180 g/mol. The Bertz CT molecular complexity index is 425. The van der Waals surface area contributed by atoms with E-state index in [2.05, 4.69) is 38.1 Å². The number of allylic oxidation sites excluding steroid dienone is 2. The third kappa shape index (κ3) is 1.35. The van der Waals surface area contributed by atoms with E-state index in [9.17, 15) is 0 Å². The summed E-state index contributed by atoms with van der Waals surface area (Å²) in [5, 5.41) is 0. The molecule has 0 aromatic heterocycles. The quantitative estimate of drug-likeness (QED) is 0.589. The Morgan fingerprint density at radius 2 is 1.73 bits per heavy atom. The Labute approximate surface area is 92.0 Å². The van der Waals surface area contributed by atoms with Crippen molar-refractivity contribution in [1.82, 2.24) is 0 Å². The van der Waals surface area contributed by atoms with Crippen LogP contribution in [0.25, 0.3) is 5.57 Å². The van der Waals surface area contributed by atoms with Crippen molar-refractivity contribution in [1.29, 1.82) is 0 Å². The summed E-state index contributed by atoms with van der Waals surface area (Å²) in [6.45, 7) is 4.80. The van der Waals surface area contributed by atoms with Gasteiger partial charge in [0.25, 0.3) is 0 Å². The Kier molecular flexibility index (Phi) is 1.98. The van der Waals surface area contributed by atoms with Gasteiger partial charge in [0.1, 0.15) is 0 Å². The maximum atomic E-state index is 2.40. The van der Waals surface area contributed by atoms with Crippen molar-refractivity contribution in [2.45, 2.75) is 33.1 Å². The van der Waals surface area contributed by atoms with Crippen LogP contribution in [0.4, 0.5) is 0 Å². The minimum absolute atomic E-state index is 0.856. The molecule has 0 spiro atoms. The predicted molar refractivity (Wildman–Crippen MR) is 64.6 cm³/mol. The van der Waals surface area contributed by atoms with Crippen LogP contribution in [-0.4, -0.2) is 0 Å². The Morgan fingerprint density at radius 1 is 1.00 bits per heavy atom. The van der Waals surface area contributed by atoms with Crippen LogP contribution in [0.3, 0.4) is 0 Å². The zero-order valence-electron chi connectivity index (χ0n) is 9.59. The minimum Gasteiger partial charge on any atom is -0.0619 e. The van der Waals surface area contributed by atoms with E-state index >= 15 is 0 Å². The molecule has 0 fully saturated rings. The number of fused-ring (bicyclic) bond motifs is 2. The van der Waals surface area contributed by atoms with E-state index in [4.69, 9.17) is 0 Å². The maximum absolute atomic E-state index is 2.40. The van der Waals surface area contributed by atoms with Gasteiger partial charge in [-0.1, -0.05) is 43.7 Å². The van der Waals surface area contributed by atoms with Crippen molar-refractivity contribution in [2.24, 2.45) is 11.8 Å². The van der Waals surface area contributed by atoms with Gasteiger partial charge in [0.05, 0.1) is 0 Å². The molecule has 78 valence electrons. The van der Waals surface area contributed by atoms with Gasteiger partial charge in [0, 0.05) is 0 Å². The Hall–Kier alpha value is -1.04. The van der Waals surface area contributed by atoms with Crippen LogP contribution in [0.5, 0.6) is 0 Å². The van der Waals surface area contributed by atoms with Gasteiger partial charge >= 0.3 is 0 Å². The summed E-state index contributed by atoms with van der Waals surface area (Å²) >= 11 is 0. The number of benzene rings is 1. The Balaban J connectivity index is 2.04. The highest BCUT2D eigenvalue weighted by Crippen LogP contribution is 2.45. The van der Waals surface area contributed by atoms with E-state index in [0.29, 0.717) is 0 Å². The lowest BCUT2D eigenvalue weighted by molar-refractivity contribution is 0.376. The fourth-order valence-electron chi connectivity index (χ4n) is 3.06. The average Bonchev–Trinajstić information content (AvgIpc) is 2.57. The van der Waals surface area contributed by atoms with Crippen LogP contribution in [0.15, 0.2) is 29.8 Å². The molecule has 2 aliphatic carbocycles. The second-order valence-electron chi connectivity index (χ2n) is 5.28. The molecule has 1 aromatic rings. The predicted octanol–water partition coefficient (Wildman–Crippen LogP) is 4.06. The smallest absolute Gasteiger partial charge is 0.00549 e. The standard InChI is InChI=1S/C15H18/c1-10-7-13-9-12-5-3-4-6-14(12)15(13)8-11(10)2/h3-6,10-11H,7-9H2,1-2H3/t10-,11+/m1/s1. The van der Waals surface area contributed by atoms with Crippen LogP contribution < -0.4 is 0 Å². The monoisotopic (exact) mass is 198 g/mol. The first-order valence-electron chi connectivity index (χ1n) is 6.05. The van der Waals surface area contributed by atoms with Crippen LogP contribution in [0, 0.1) is 11.8 Å². The Morgan fingerprint density at radius 3 is 2.60 bits per heavy atom. The molecule has 3 rings (SSSR count). The van der Waals surface area contributed by atoms with Crippen LogP contribution in [0.2, 0.25) is 0 Å². The lowest BCUT2D eigenvalue weighted by atomic mass is 9.78. The highest BCUT2D eigenvalue weighted by molar-refractivity contribution is 5.77. The van der Waals surface area contributed by atoms with E-state index in [1.807, 2.05) is 0 Å². The summed E-state index contributed by atoms with van der Waals surface area (Å²) in [6, 6.07) is 8.95. The van der Waals surface area contributed by atoms with Crippen molar-refractivity contribution >= 4 is 5.57 Å². The van der Waals surface area contributed by atoms with Crippen molar-refractivity contribution in [3.63, 3.8) is 0 Å². The van der Waals surface area contributed by atoms with Crippen molar-refractivity contribution in [3.05, 3.63) is 41.0 Å². The molecule has 0 amide bonds. The number of hydrogen-bond acceptors (Lipinski definition) is 0. The molecule has 15 heavy (non-hydrogen) atoms. The van der Waals surface area contributed by atoms with E-state index in [1.165, 1.54) is 19.3 Å². The third-order valence-electron chi connectivity index (χ3n) is 4.24. The third-order valence-corrected chi connectivity index (χ3v) is 4.24. The topological polar surface area (TPSA) is 0 Å². The SMILES string of the molecule is C[C@@H]1CC2=C(C[C@@H]1C)c1ccccc1C2. The zero-order chi connectivity index (χ0) is 10.4. The van der Waals surface area contributed by atoms with Crippen LogP contribution >= 0.6 is 0 Å². The lowest BCUT2D eigenvalue weighted by Gasteiger charge is -2.27. The number of rotatable bonds is 0. The van der Waals surface area contributed by atoms with Crippen LogP contribution in [-0.2, 0) is 6.42 Å². The molecule has 0 bridgehead atoms. The first-order chi connectivity index (χ1) is 7.25. The molecule has 0 aliphatic heterocycles. The fourth-order valence-corrected chi connectivity index (χ4v) is 3.06. The molecule has 0 saturated carbocycles. The first kappa shape index (κ1) is 9.21. The van der Waals surface area contributed by atoms with E-state index < -0.39 is 0 Å². The first-order valence-corrected chi connectivity index (χ1v) is 6.05. The van der Waals surface area contributed by atoms with Gasteiger partial charge in [0.2, 0.25) is 0 Å². The lowest BCUT2D eigenvalue weighted by Crippen LogP contribution is -2.14. The summed E-state index contributed by atoms with van der Waals surface area (Å²) in [5.41, 5.74) is 6.51. The molecule has 2 aliphatic rings. The van der Waals surface area contributed by atoms with E-state index in [0.717, 1.165) is 11.8 Å². The van der Waals surface area contributed by atoms with Crippen LogP contribution in [0.1, 0.15) is 37.8 Å². The van der Waals surface area contributed by atoms with Gasteiger partial charge < -0.3 is 0 Å². The summed E-state index contributed by atoms with van der Waals surface area (Å²) < 4.78 is 0. The summed E-state index contributed by atoms with van der Waals surface area (Å²) in [4.78, 5) is 0. The van der Waals surface area contributed by atoms with Gasteiger partial charge in [-0.2, -0.15) is 0 Å². The fraction of sp³-hybridized carbons (Fsp3) is 0.467. The van der Waals surface area contributed by atoms with E-state index in [1.54, 1.807) is 22.3 Å². The summed E-state index contributed by atoms with van der Waals surface area (Å²) in [7, 11) is 0. The summed E-state index contributed by atoms with van der Waals surface area (Å²) in [5.74, 6) is 1.73. The zero-order valence-corrected chi connectivity index (χ0v) is 9.59.